The SMILES string of the molecule is CCCCCCCCCC(NCC)c1occc1Br. The summed E-state index contributed by atoms with van der Waals surface area (Å²) in [5, 5.41) is 3.51. The predicted octanol–water partition coefficient (Wildman–Crippen LogP) is 5.83. The van der Waals surface area contributed by atoms with Crippen molar-refractivity contribution in [3.63, 3.8) is 0 Å². The van der Waals surface area contributed by atoms with E-state index < -0.39 is 0 Å². The van der Waals surface area contributed by atoms with Gasteiger partial charge in [0.25, 0.3) is 0 Å². The van der Waals surface area contributed by atoms with Crippen molar-refractivity contribution in [2.75, 3.05) is 6.54 Å². The highest BCUT2D eigenvalue weighted by atomic mass is 79.9. The van der Waals surface area contributed by atoms with E-state index in [1.54, 1.807) is 6.26 Å². The molecule has 1 atom stereocenters. The van der Waals surface area contributed by atoms with Crippen LogP contribution >= 0.6 is 15.9 Å². The third-order valence-electron chi connectivity index (χ3n) is 3.51. The summed E-state index contributed by atoms with van der Waals surface area (Å²) in [5.74, 6) is 1.05. The van der Waals surface area contributed by atoms with Crippen molar-refractivity contribution < 1.29 is 4.42 Å². The zero-order chi connectivity index (χ0) is 13.9. The molecule has 2 nitrogen and oxygen atoms in total. The van der Waals surface area contributed by atoms with Gasteiger partial charge >= 0.3 is 0 Å². The topological polar surface area (TPSA) is 25.2 Å². The van der Waals surface area contributed by atoms with Gasteiger partial charge in [0.15, 0.2) is 0 Å². The molecule has 0 radical (unpaired) electrons. The molecule has 0 fully saturated rings. The van der Waals surface area contributed by atoms with Gasteiger partial charge in [0.05, 0.1) is 16.8 Å². The maximum atomic E-state index is 5.58. The van der Waals surface area contributed by atoms with Crippen LogP contribution in [-0.4, -0.2) is 6.54 Å². The number of furan rings is 1. The van der Waals surface area contributed by atoms with Crippen LogP contribution in [0.4, 0.5) is 0 Å². The Kier molecular flexibility index (Phi) is 9.27. The van der Waals surface area contributed by atoms with E-state index in [4.69, 9.17) is 4.42 Å². The maximum Gasteiger partial charge on any atom is 0.134 e. The predicted molar refractivity (Wildman–Crippen MR) is 85.4 cm³/mol. The normalized spacial score (nSPS) is 12.8. The average Bonchev–Trinajstić information content (AvgIpc) is 2.82. The van der Waals surface area contributed by atoms with E-state index in [0.29, 0.717) is 6.04 Å². The second-order valence-electron chi connectivity index (χ2n) is 5.15. The molecule has 0 aromatic carbocycles. The first kappa shape index (κ1) is 16.8. The lowest BCUT2D eigenvalue weighted by atomic mass is 10.0. The monoisotopic (exact) mass is 329 g/mol. The first-order valence-corrected chi connectivity index (χ1v) is 8.55. The molecule has 0 aliphatic heterocycles. The smallest absolute Gasteiger partial charge is 0.134 e. The lowest BCUT2D eigenvalue weighted by molar-refractivity contribution is 0.387. The second-order valence-corrected chi connectivity index (χ2v) is 6.01. The Morgan fingerprint density at radius 3 is 2.37 bits per heavy atom. The van der Waals surface area contributed by atoms with Crippen LogP contribution in [0.2, 0.25) is 0 Å². The summed E-state index contributed by atoms with van der Waals surface area (Å²) in [4.78, 5) is 0. The van der Waals surface area contributed by atoms with Crippen molar-refractivity contribution in [1.82, 2.24) is 5.32 Å². The summed E-state index contributed by atoms with van der Waals surface area (Å²) in [6, 6.07) is 2.33. The van der Waals surface area contributed by atoms with Gasteiger partial charge in [-0.2, -0.15) is 0 Å². The summed E-state index contributed by atoms with van der Waals surface area (Å²) < 4.78 is 6.66. The molecule has 0 saturated heterocycles. The molecule has 1 unspecified atom stereocenters. The molecule has 0 aliphatic carbocycles. The van der Waals surface area contributed by atoms with Crippen LogP contribution in [0.15, 0.2) is 21.2 Å². The molecule has 1 heterocycles. The zero-order valence-corrected chi connectivity index (χ0v) is 14.0. The van der Waals surface area contributed by atoms with Gasteiger partial charge in [-0.05, 0) is 35.0 Å². The Balaban J connectivity index is 2.22. The van der Waals surface area contributed by atoms with Crippen molar-refractivity contribution >= 4 is 15.9 Å². The van der Waals surface area contributed by atoms with E-state index in [9.17, 15) is 0 Å². The van der Waals surface area contributed by atoms with Gasteiger partial charge in [0, 0.05) is 0 Å². The highest BCUT2D eigenvalue weighted by Gasteiger charge is 2.16. The Morgan fingerprint density at radius 2 is 1.79 bits per heavy atom. The molecule has 0 amide bonds. The Hall–Kier alpha value is -0.280. The molecule has 1 rings (SSSR count). The largest absolute Gasteiger partial charge is 0.466 e. The molecular weight excluding hydrogens is 302 g/mol. The molecule has 1 aromatic rings. The fraction of sp³-hybridized carbons (Fsp3) is 0.750. The molecule has 0 spiro atoms. The maximum absolute atomic E-state index is 5.58. The molecule has 0 saturated carbocycles. The van der Waals surface area contributed by atoms with E-state index >= 15 is 0 Å². The third kappa shape index (κ3) is 6.62. The first-order chi connectivity index (χ1) is 9.29. The third-order valence-corrected chi connectivity index (χ3v) is 4.16. The minimum absolute atomic E-state index is 0.352. The van der Waals surface area contributed by atoms with E-state index in [2.05, 4.69) is 35.1 Å². The minimum atomic E-state index is 0.352. The number of hydrogen-bond donors (Lipinski definition) is 1. The number of nitrogens with one attached hydrogen (secondary N) is 1. The fourth-order valence-electron chi connectivity index (χ4n) is 2.43. The summed E-state index contributed by atoms with van der Waals surface area (Å²) in [5.41, 5.74) is 0. The van der Waals surface area contributed by atoms with Crippen molar-refractivity contribution in [3.8, 4) is 0 Å². The summed E-state index contributed by atoms with van der Waals surface area (Å²) in [6.07, 6.45) is 12.4. The van der Waals surface area contributed by atoms with Gasteiger partial charge in [-0.3, -0.25) is 0 Å². The van der Waals surface area contributed by atoms with Crippen molar-refractivity contribution in [3.05, 3.63) is 22.6 Å². The molecule has 0 aliphatic rings. The van der Waals surface area contributed by atoms with Crippen LogP contribution in [0.1, 0.15) is 77.0 Å². The van der Waals surface area contributed by atoms with Gasteiger partial charge in [-0.25, -0.2) is 0 Å². The Bertz CT molecular complexity index is 324. The first-order valence-electron chi connectivity index (χ1n) is 7.75. The number of halogens is 1. The minimum Gasteiger partial charge on any atom is -0.466 e. The molecule has 1 N–H and O–H groups in total. The molecular formula is C16H28BrNO. The Morgan fingerprint density at radius 1 is 1.11 bits per heavy atom. The molecule has 19 heavy (non-hydrogen) atoms. The highest BCUT2D eigenvalue weighted by molar-refractivity contribution is 9.10. The van der Waals surface area contributed by atoms with Crippen molar-refractivity contribution in [2.24, 2.45) is 0 Å². The van der Waals surface area contributed by atoms with E-state index in [1.807, 2.05) is 6.07 Å². The molecule has 0 bridgehead atoms. The van der Waals surface area contributed by atoms with E-state index in [0.717, 1.165) is 23.2 Å². The quantitative estimate of drug-likeness (QED) is 0.516. The van der Waals surface area contributed by atoms with Gasteiger partial charge in [-0.1, -0.05) is 58.8 Å². The van der Waals surface area contributed by atoms with Crippen LogP contribution in [0.5, 0.6) is 0 Å². The molecule has 3 heteroatoms. The van der Waals surface area contributed by atoms with E-state index in [-0.39, 0.29) is 0 Å². The summed E-state index contributed by atoms with van der Waals surface area (Å²) in [6.45, 7) is 5.39. The van der Waals surface area contributed by atoms with Gasteiger partial charge in [-0.15, -0.1) is 0 Å². The van der Waals surface area contributed by atoms with Gasteiger partial charge < -0.3 is 9.73 Å². The van der Waals surface area contributed by atoms with E-state index in [1.165, 1.54) is 44.9 Å². The van der Waals surface area contributed by atoms with Crippen LogP contribution in [-0.2, 0) is 0 Å². The lowest BCUT2D eigenvalue weighted by Crippen LogP contribution is -2.20. The molecule has 110 valence electrons. The standard InChI is InChI=1S/C16H28BrNO/c1-3-5-6-7-8-9-10-11-15(18-4-2)16-14(17)12-13-19-16/h12-13,15,18H,3-11H2,1-2H3. The summed E-state index contributed by atoms with van der Waals surface area (Å²) >= 11 is 3.55. The van der Waals surface area contributed by atoms with Crippen LogP contribution < -0.4 is 5.32 Å². The van der Waals surface area contributed by atoms with Crippen molar-refractivity contribution in [1.29, 1.82) is 0 Å². The molecule has 1 aromatic heterocycles. The zero-order valence-electron chi connectivity index (χ0n) is 12.4. The average molecular weight is 330 g/mol. The number of unbranched alkanes of at least 4 members (excludes halogenated alkanes) is 6. The second kappa shape index (κ2) is 10.5. The van der Waals surface area contributed by atoms with Crippen LogP contribution in [0.3, 0.4) is 0 Å². The summed E-state index contributed by atoms with van der Waals surface area (Å²) in [7, 11) is 0. The number of hydrogen-bond acceptors (Lipinski definition) is 2. The van der Waals surface area contributed by atoms with Crippen molar-refractivity contribution in [2.45, 2.75) is 71.3 Å². The number of rotatable bonds is 11. The highest BCUT2D eigenvalue weighted by Crippen LogP contribution is 2.28. The fourth-order valence-corrected chi connectivity index (χ4v) is 2.91. The van der Waals surface area contributed by atoms with Gasteiger partial charge in [0.2, 0.25) is 0 Å². The lowest BCUT2D eigenvalue weighted by Gasteiger charge is -2.16. The van der Waals surface area contributed by atoms with Gasteiger partial charge in [0.1, 0.15) is 5.76 Å². The van der Waals surface area contributed by atoms with Crippen LogP contribution in [0.25, 0.3) is 0 Å². The van der Waals surface area contributed by atoms with Crippen LogP contribution in [0, 0.1) is 0 Å². The Labute approximate surface area is 126 Å².